The third-order valence-corrected chi connectivity index (χ3v) is 6.67. The average Bonchev–Trinajstić information content (AvgIpc) is 2.89. The van der Waals surface area contributed by atoms with Gasteiger partial charge in [-0.05, 0) is 71.0 Å². The van der Waals surface area contributed by atoms with Gasteiger partial charge in [-0.3, -0.25) is 0 Å². The zero-order valence-corrected chi connectivity index (χ0v) is 20.9. The van der Waals surface area contributed by atoms with Crippen molar-refractivity contribution in [1.82, 2.24) is 0 Å². The molecule has 0 aliphatic carbocycles. The number of hydrogen-bond acceptors (Lipinski definition) is 0. The van der Waals surface area contributed by atoms with Crippen molar-refractivity contribution in [3.05, 3.63) is 142 Å². The summed E-state index contributed by atoms with van der Waals surface area (Å²) in [5.74, 6) is 0.371. The molecule has 0 fully saturated rings. The van der Waals surface area contributed by atoms with Crippen LogP contribution in [0.4, 0.5) is 4.39 Å². The lowest BCUT2D eigenvalue weighted by Crippen LogP contribution is -1.99. The maximum Gasteiger partial charge on any atom is 0.130 e. The van der Waals surface area contributed by atoms with Gasteiger partial charge in [-0.2, -0.15) is 0 Å². The molecule has 0 spiro atoms. The SMILES string of the molecule is CCCc1ccc(C=Cc2ccc(CCc3ccc(C[C@@H](C)c4ccccc4)cc3)cc2)c(F)c1. The van der Waals surface area contributed by atoms with E-state index in [-0.39, 0.29) is 5.82 Å². The normalized spacial score (nSPS) is 12.2. The van der Waals surface area contributed by atoms with Crippen LogP contribution in [0.3, 0.4) is 0 Å². The predicted octanol–water partition coefficient (Wildman–Crippen LogP) is 9.08. The Morgan fingerprint density at radius 2 is 1.26 bits per heavy atom. The van der Waals surface area contributed by atoms with Crippen molar-refractivity contribution < 1.29 is 4.39 Å². The second-order valence-electron chi connectivity index (χ2n) is 9.51. The van der Waals surface area contributed by atoms with Gasteiger partial charge in [0, 0.05) is 5.56 Å². The Morgan fingerprint density at radius 3 is 1.89 bits per heavy atom. The summed E-state index contributed by atoms with van der Waals surface area (Å²) in [7, 11) is 0. The van der Waals surface area contributed by atoms with Crippen LogP contribution in [0.15, 0.2) is 97.1 Å². The highest BCUT2D eigenvalue weighted by Gasteiger charge is 2.06. The van der Waals surface area contributed by atoms with Crippen molar-refractivity contribution >= 4 is 12.2 Å². The summed E-state index contributed by atoms with van der Waals surface area (Å²) in [4.78, 5) is 0. The number of benzene rings is 4. The Morgan fingerprint density at radius 1 is 0.657 bits per heavy atom. The molecular weight excluding hydrogens is 427 g/mol. The van der Waals surface area contributed by atoms with Crippen LogP contribution in [0.1, 0.15) is 65.1 Å². The first-order valence-electron chi connectivity index (χ1n) is 12.8. The van der Waals surface area contributed by atoms with E-state index in [0.29, 0.717) is 11.5 Å². The molecule has 0 aliphatic heterocycles. The highest BCUT2D eigenvalue weighted by atomic mass is 19.1. The summed E-state index contributed by atoms with van der Waals surface area (Å²) in [5, 5.41) is 0. The van der Waals surface area contributed by atoms with Crippen LogP contribution in [-0.2, 0) is 25.7 Å². The van der Waals surface area contributed by atoms with E-state index in [1.165, 1.54) is 22.3 Å². The van der Waals surface area contributed by atoms with Gasteiger partial charge < -0.3 is 0 Å². The van der Waals surface area contributed by atoms with Crippen LogP contribution >= 0.6 is 0 Å². The predicted molar refractivity (Wildman–Crippen MR) is 148 cm³/mol. The van der Waals surface area contributed by atoms with Crippen molar-refractivity contribution in [3.63, 3.8) is 0 Å². The minimum atomic E-state index is -0.149. The van der Waals surface area contributed by atoms with E-state index in [9.17, 15) is 4.39 Å². The molecule has 4 aromatic carbocycles. The zero-order valence-electron chi connectivity index (χ0n) is 20.9. The fourth-order valence-corrected chi connectivity index (χ4v) is 4.52. The van der Waals surface area contributed by atoms with Crippen molar-refractivity contribution in [2.24, 2.45) is 0 Å². The van der Waals surface area contributed by atoms with Crippen LogP contribution in [0.25, 0.3) is 12.2 Å². The molecule has 35 heavy (non-hydrogen) atoms. The topological polar surface area (TPSA) is 0 Å². The van der Waals surface area contributed by atoms with Gasteiger partial charge in [0.2, 0.25) is 0 Å². The second kappa shape index (κ2) is 12.3. The maximum atomic E-state index is 14.3. The Balaban J connectivity index is 1.28. The van der Waals surface area contributed by atoms with Gasteiger partial charge in [-0.15, -0.1) is 0 Å². The maximum absolute atomic E-state index is 14.3. The first-order chi connectivity index (χ1) is 17.1. The van der Waals surface area contributed by atoms with Crippen LogP contribution in [0, 0.1) is 5.82 Å². The van der Waals surface area contributed by atoms with E-state index < -0.39 is 0 Å². The second-order valence-corrected chi connectivity index (χ2v) is 9.51. The minimum absolute atomic E-state index is 0.149. The summed E-state index contributed by atoms with van der Waals surface area (Å²) in [6.07, 6.45) is 8.89. The summed E-state index contributed by atoms with van der Waals surface area (Å²) < 4.78 is 14.3. The number of halogens is 1. The number of rotatable bonds is 10. The molecule has 0 unspecified atom stereocenters. The third kappa shape index (κ3) is 7.26. The molecule has 0 saturated carbocycles. The van der Waals surface area contributed by atoms with Crippen LogP contribution in [-0.4, -0.2) is 0 Å². The zero-order chi connectivity index (χ0) is 24.5. The molecule has 0 bridgehead atoms. The molecular formula is C34H35F. The summed E-state index contributed by atoms with van der Waals surface area (Å²) >= 11 is 0. The minimum Gasteiger partial charge on any atom is -0.206 e. The number of hydrogen-bond donors (Lipinski definition) is 0. The Labute approximate surface area is 210 Å². The van der Waals surface area contributed by atoms with Crippen molar-refractivity contribution in [2.45, 2.75) is 51.9 Å². The molecule has 178 valence electrons. The first-order valence-corrected chi connectivity index (χ1v) is 12.8. The summed E-state index contributed by atoms with van der Waals surface area (Å²) in [6, 6.07) is 33.9. The van der Waals surface area contributed by atoms with Crippen LogP contribution < -0.4 is 0 Å². The fraction of sp³-hybridized carbons (Fsp3) is 0.235. The van der Waals surface area contributed by atoms with Crippen LogP contribution in [0.2, 0.25) is 0 Å². The molecule has 0 aromatic heterocycles. The molecule has 0 amide bonds. The van der Waals surface area contributed by atoms with Gasteiger partial charge in [0.1, 0.15) is 5.82 Å². The monoisotopic (exact) mass is 462 g/mol. The van der Waals surface area contributed by atoms with E-state index in [1.54, 1.807) is 6.07 Å². The van der Waals surface area contributed by atoms with E-state index in [2.05, 4.69) is 92.7 Å². The molecule has 4 aromatic rings. The molecule has 0 heterocycles. The molecule has 0 nitrogen and oxygen atoms in total. The quantitative estimate of drug-likeness (QED) is 0.206. The van der Waals surface area contributed by atoms with E-state index in [1.807, 2.05) is 24.3 Å². The highest BCUT2D eigenvalue weighted by molar-refractivity contribution is 5.70. The Hall–Kier alpha value is -3.45. The lowest BCUT2D eigenvalue weighted by Gasteiger charge is -2.12. The largest absolute Gasteiger partial charge is 0.206 e. The third-order valence-electron chi connectivity index (χ3n) is 6.67. The first kappa shape index (κ1) is 24.7. The van der Waals surface area contributed by atoms with Gasteiger partial charge in [0.05, 0.1) is 0 Å². The summed E-state index contributed by atoms with van der Waals surface area (Å²) in [5.41, 5.74) is 8.25. The average molecular weight is 463 g/mol. The number of aryl methyl sites for hydroxylation is 3. The molecule has 1 heteroatoms. The lowest BCUT2D eigenvalue weighted by atomic mass is 9.93. The van der Waals surface area contributed by atoms with Gasteiger partial charge in [-0.25, -0.2) is 4.39 Å². The molecule has 4 rings (SSSR count). The van der Waals surface area contributed by atoms with Crippen molar-refractivity contribution in [3.8, 4) is 0 Å². The molecule has 1 atom stereocenters. The van der Waals surface area contributed by atoms with Crippen LogP contribution in [0.5, 0.6) is 0 Å². The van der Waals surface area contributed by atoms with E-state index in [4.69, 9.17) is 0 Å². The van der Waals surface area contributed by atoms with Gasteiger partial charge in [-0.1, -0.05) is 123 Å². The molecule has 0 radical (unpaired) electrons. The van der Waals surface area contributed by atoms with Gasteiger partial charge in [0.15, 0.2) is 0 Å². The molecule has 0 saturated heterocycles. The Bertz CT molecular complexity index is 1220. The van der Waals surface area contributed by atoms with Crippen molar-refractivity contribution in [2.75, 3.05) is 0 Å². The molecule has 0 aliphatic rings. The van der Waals surface area contributed by atoms with E-state index in [0.717, 1.165) is 43.2 Å². The molecule has 0 N–H and O–H groups in total. The van der Waals surface area contributed by atoms with E-state index >= 15 is 0 Å². The summed E-state index contributed by atoms with van der Waals surface area (Å²) in [6.45, 7) is 4.40. The standard InChI is InChI=1S/C34H35F/c1-3-7-30-21-23-33(34(35)25-30)22-20-29-14-12-27(13-15-29)10-11-28-16-18-31(19-17-28)24-26(2)32-8-5-4-6-9-32/h4-6,8-9,12-23,25-26H,3,7,10-11,24H2,1-2H3/t26-/m1/s1. The highest BCUT2D eigenvalue weighted by Crippen LogP contribution is 2.21. The fourth-order valence-electron chi connectivity index (χ4n) is 4.52. The lowest BCUT2D eigenvalue weighted by molar-refractivity contribution is 0.622. The smallest absolute Gasteiger partial charge is 0.130 e. The van der Waals surface area contributed by atoms with Gasteiger partial charge >= 0.3 is 0 Å². The van der Waals surface area contributed by atoms with Crippen molar-refractivity contribution in [1.29, 1.82) is 0 Å². The Kier molecular flexibility index (Phi) is 8.68. The van der Waals surface area contributed by atoms with Gasteiger partial charge in [0.25, 0.3) is 0 Å².